The zero-order valence-corrected chi connectivity index (χ0v) is 15.4. The maximum absolute atomic E-state index is 12.2. The zero-order valence-electron chi connectivity index (χ0n) is 13.2. The van der Waals surface area contributed by atoms with Crippen LogP contribution >= 0.6 is 22.6 Å². The second-order valence-electron chi connectivity index (χ2n) is 4.69. The maximum atomic E-state index is 12.2. The van der Waals surface area contributed by atoms with Gasteiger partial charge < -0.3 is 19.5 Å². The van der Waals surface area contributed by atoms with E-state index in [1.165, 1.54) is 27.4 Å². The van der Waals surface area contributed by atoms with E-state index < -0.39 is 24.5 Å². The van der Waals surface area contributed by atoms with E-state index in [1.54, 1.807) is 12.1 Å². The van der Waals surface area contributed by atoms with Crippen molar-refractivity contribution in [3.63, 3.8) is 0 Å². The molecule has 1 aromatic carbocycles. The summed E-state index contributed by atoms with van der Waals surface area (Å²) in [6.07, 6.45) is 1.50. The van der Waals surface area contributed by atoms with Crippen LogP contribution in [-0.4, -0.2) is 50.7 Å². The Balaban J connectivity index is 2.32. The Morgan fingerprint density at radius 2 is 1.96 bits per heavy atom. The van der Waals surface area contributed by atoms with Crippen molar-refractivity contribution in [1.82, 2.24) is 10.2 Å². The summed E-state index contributed by atoms with van der Waals surface area (Å²) in [5.41, 5.74) is 0.701. The smallest absolute Gasteiger partial charge is 0.329 e. The molecule has 1 aliphatic rings. The second-order valence-corrected chi connectivity index (χ2v) is 5.86. The fourth-order valence-corrected chi connectivity index (χ4v) is 2.94. The first-order valence-electron chi connectivity index (χ1n) is 6.74. The first kappa shape index (κ1) is 18.0. The molecule has 1 saturated heterocycles. The van der Waals surface area contributed by atoms with Gasteiger partial charge >= 0.3 is 12.0 Å². The molecule has 1 heterocycles. The van der Waals surface area contributed by atoms with Gasteiger partial charge in [0.25, 0.3) is 5.91 Å². The van der Waals surface area contributed by atoms with Crippen LogP contribution < -0.4 is 14.8 Å². The van der Waals surface area contributed by atoms with Crippen molar-refractivity contribution in [3.05, 3.63) is 27.0 Å². The number of amides is 3. The molecule has 3 amide bonds. The summed E-state index contributed by atoms with van der Waals surface area (Å²) in [6.45, 7) is -0.442. The molecule has 0 aromatic heterocycles. The Hall–Kier alpha value is -2.30. The van der Waals surface area contributed by atoms with Gasteiger partial charge in [-0.25, -0.2) is 9.69 Å². The van der Waals surface area contributed by atoms with Crippen molar-refractivity contribution in [2.75, 3.05) is 27.9 Å². The number of ether oxygens (including phenoxy) is 3. The van der Waals surface area contributed by atoms with Crippen LogP contribution in [0.25, 0.3) is 6.08 Å². The molecule has 2 rings (SSSR count). The van der Waals surface area contributed by atoms with E-state index in [1.807, 2.05) is 0 Å². The Morgan fingerprint density at radius 3 is 2.54 bits per heavy atom. The summed E-state index contributed by atoms with van der Waals surface area (Å²) in [5, 5.41) is 2.43. The van der Waals surface area contributed by atoms with Gasteiger partial charge in [0.1, 0.15) is 12.2 Å². The third-order valence-electron chi connectivity index (χ3n) is 3.24. The number of hydrogen-bond acceptors (Lipinski definition) is 6. The quantitative estimate of drug-likeness (QED) is 0.318. The highest BCUT2D eigenvalue weighted by Gasteiger charge is 2.35. The van der Waals surface area contributed by atoms with Gasteiger partial charge in [0.05, 0.1) is 24.9 Å². The van der Waals surface area contributed by atoms with Gasteiger partial charge in [-0.05, 0) is 46.4 Å². The Kier molecular flexibility index (Phi) is 5.65. The van der Waals surface area contributed by atoms with Gasteiger partial charge in [-0.1, -0.05) is 0 Å². The number of rotatable bonds is 5. The van der Waals surface area contributed by atoms with Crippen LogP contribution in [0.1, 0.15) is 5.56 Å². The van der Waals surface area contributed by atoms with Crippen molar-refractivity contribution in [1.29, 1.82) is 0 Å². The largest absolute Gasteiger partial charge is 0.493 e. The molecule has 24 heavy (non-hydrogen) atoms. The van der Waals surface area contributed by atoms with Crippen LogP contribution in [0.3, 0.4) is 0 Å². The molecular formula is C15H15IN2O6. The molecule has 128 valence electrons. The lowest BCUT2D eigenvalue weighted by Crippen LogP contribution is -2.36. The van der Waals surface area contributed by atoms with E-state index in [9.17, 15) is 14.4 Å². The normalized spacial score (nSPS) is 15.5. The highest BCUT2D eigenvalue weighted by molar-refractivity contribution is 14.1. The number of hydrogen-bond donors (Lipinski definition) is 1. The number of nitrogens with one attached hydrogen (secondary N) is 1. The Morgan fingerprint density at radius 1 is 1.25 bits per heavy atom. The number of esters is 1. The summed E-state index contributed by atoms with van der Waals surface area (Å²) >= 11 is 2.08. The lowest BCUT2D eigenvalue weighted by molar-refractivity contribution is -0.143. The molecular weight excluding hydrogens is 431 g/mol. The van der Waals surface area contributed by atoms with Crippen molar-refractivity contribution >= 4 is 46.6 Å². The van der Waals surface area contributed by atoms with Crippen LogP contribution in [0.15, 0.2) is 17.8 Å². The molecule has 0 radical (unpaired) electrons. The molecule has 0 aliphatic carbocycles. The van der Waals surface area contributed by atoms with Crippen LogP contribution in [0, 0.1) is 3.57 Å². The van der Waals surface area contributed by atoms with Gasteiger partial charge in [-0.3, -0.25) is 9.59 Å². The van der Waals surface area contributed by atoms with Gasteiger partial charge in [0.2, 0.25) is 0 Å². The van der Waals surface area contributed by atoms with Gasteiger partial charge in [0, 0.05) is 0 Å². The monoisotopic (exact) mass is 446 g/mol. The summed E-state index contributed by atoms with van der Waals surface area (Å²) in [5.74, 6) is -0.204. The van der Waals surface area contributed by atoms with Crippen molar-refractivity contribution in [2.24, 2.45) is 0 Å². The lowest BCUT2D eigenvalue weighted by Gasteiger charge is -2.11. The SMILES string of the molecule is COC(=O)CN1C(=O)N/C(=C/c2cc(I)c(OC)c(OC)c2)C1=O. The van der Waals surface area contributed by atoms with E-state index in [4.69, 9.17) is 9.47 Å². The third-order valence-corrected chi connectivity index (χ3v) is 4.05. The minimum Gasteiger partial charge on any atom is -0.493 e. The average Bonchev–Trinajstić information content (AvgIpc) is 2.81. The molecule has 9 heteroatoms. The minimum absolute atomic E-state index is 0.0620. The highest BCUT2D eigenvalue weighted by Crippen LogP contribution is 2.34. The zero-order chi connectivity index (χ0) is 17.9. The Labute approximate surface area is 151 Å². The van der Waals surface area contributed by atoms with E-state index in [0.717, 1.165) is 8.47 Å². The maximum Gasteiger partial charge on any atom is 0.329 e. The first-order valence-corrected chi connectivity index (χ1v) is 7.82. The van der Waals surface area contributed by atoms with Crippen molar-refractivity contribution in [2.45, 2.75) is 0 Å². The molecule has 1 aromatic rings. The summed E-state index contributed by atoms with van der Waals surface area (Å²) in [4.78, 5) is 36.1. The molecule has 0 spiro atoms. The molecule has 1 N–H and O–H groups in total. The average molecular weight is 446 g/mol. The van der Waals surface area contributed by atoms with E-state index in [-0.39, 0.29) is 5.70 Å². The van der Waals surface area contributed by atoms with Crippen LogP contribution in [0.2, 0.25) is 0 Å². The summed E-state index contributed by atoms with van der Waals surface area (Å²) in [7, 11) is 4.22. The molecule has 0 saturated carbocycles. The van der Waals surface area contributed by atoms with Gasteiger partial charge in [-0.2, -0.15) is 0 Å². The highest BCUT2D eigenvalue weighted by atomic mass is 127. The van der Waals surface area contributed by atoms with Crippen molar-refractivity contribution in [3.8, 4) is 11.5 Å². The Bertz CT molecular complexity index is 731. The van der Waals surface area contributed by atoms with Gasteiger partial charge in [-0.15, -0.1) is 0 Å². The number of carbonyl (C=O) groups excluding carboxylic acids is 3. The van der Waals surface area contributed by atoms with Crippen LogP contribution in [-0.2, 0) is 14.3 Å². The fraction of sp³-hybridized carbons (Fsp3) is 0.267. The molecule has 0 bridgehead atoms. The predicted octanol–water partition coefficient (Wildman–Crippen LogP) is 1.37. The molecule has 1 fully saturated rings. The van der Waals surface area contributed by atoms with E-state index >= 15 is 0 Å². The van der Waals surface area contributed by atoms with E-state index in [2.05, 4.69) is 32.6 Å². The molecule has 8 nitrogen and oxygen atoms in total. The summed E-state index contributed by atoms with van der Waals surface area (Å²) in [6, 6.07) is 2.78. The van der Waals surface area contributed by atoms with Crippen LogP contribution in [0.5, 0.6) is 11.5 Å². The number of nitrogens with zero attached hydrogens (tertiary/aromatic N) is 1. The topological polar surface area (TPSA) is 94.2 Å². The lowest BCUT2D eigenvalue weighted by atomic mass is 10.1. The first-order chi connectivity index (χ1) is 11.4. The molecule has 0 unspecified atom stereocenters. The molecule has 1 aliphatic heterocycles. The van der Waals surface area contributed by atoms with Gasteiger partial charge in [0.15, 0.2) is 11.5 Å². The number of benzene rings is 1. The van der Waals surface area contributed by atoms with Crippen LogP contribution in [0.4, 0.5) is 4.79 Å². The summed E-state index contributed by atoms with van der Waals surface area (Å²) < 4.78 is 15.8. The second kappa shape index (κ2) is 7.51. The fourth-order valence-electron chi connectivity index (χ4n) is 2.10. The molecule has 0 atom stereocenters. The standard InChI is InChI=1S/C15H15IN2O6/c1-22-11-6-8(4-9(16)13(11)24-3)5-10-14(20)18(15(21)17-10)7-12(19)23-2/h4-6H,7H2,1-3H3,(H,17,21)/b10-5+. The van der Waals surface area contributed by atoms with E-state index in [0.29, 0.717) is 17.1 Å². The minimum atomic E-state index is -0.680. The number of halogens is 1. The van der Waals surface area contributed by atoms with Crippen molar-refractivity contribution < 1.29 is 28.6 Å². The predicted molar refractivity (Wildman–Crippen MR) is 92.5 cm³/mol. The number of urea groups is 1. The number of imide groups is 1. The third kappa shape index (κ3) is 3.61. The number of methoxy groups -OCH3 is 3. The number of carbonyl (C=O) groups is 3.